The van der Waals surface area contributed by atoms with Crippen LogP contribution in [0.25, 0.3) is 0 Å². The molecule has 0 aliphatic carbocycles. The van der Waals surface area contributed by atoms with Crippen molar-refractivity contribution in [2.45, 2.75) is 12.5 Å². The molecule has 1 heterocycles. The van der Waals surface area contributed by atoms with Gasteiger partial charge in [0.15, 0.2) is 0 Å². The number of nitrogens with zero attached hydrogens (tertiary/aromatic N) is 1. The van der Waals surface area contributed by atoms with Crippen molar-refractivity contribution in [3.63, 3.8) is 0 Å². The van der Waals surface area contributed by atoms with Crippen LogP contribution in [0, 0.1) is 0 Å². The number of aliphatic hydroxyl groups is 1. The summed E-state index contributed by atoms with van der Waals surface area (Å²) in [6, 6.07) is 0. The van der Waals surface area contributed by atoms with Crippen LogP contribution >= 0.6 is 0 Å². The Balaban J connectivity index is 2.20. The number of ether oxygens (including phenoxy) is 1. The van der Waals surface area contributed by atoms with E-state index in [0.717, 1.165) is 25.9 Å². The molecule has 0 radical (unpaired) electrons. The van der Waals surface area contributed by atoms with E-state index in [1.165, 1.54) is 0 Å². The van der Waals surface area contributed by atoms with Crippen LogP contribution in [0.5, 0.6) is 0 Å². The van der Waals surface area contributed by atoms with Gasteiger partial charge in [0.2, 0.25) is 0 Å². The quantitative estimate of drug-likeness (QED) is 0.569. The van der Waals surface area contributed by atoms with Gasteiger partial charge in [-0.3, -0.25) is 4.90 Å². The Hall–Kier alpha value is -0.450. The summed E-state index contributed by atoms with van der Waals surface area (Å²) in [6.07, 6.45) is 1.42. The molecule has 0 aromatic rings. The maximum Gasteiger partial charge on any atom is 0.121 e. The smallest absolute Gasteiger partial charge is 0.121 e. The standard InChI is InChI=1S/C8H15NO3/c10-4-1-2-9-3-5-12-8(6-9)7-11/h4,8,11H,1-3,5-7H2. The fourth-order valence-electron chi connectivity index (χ4n) is 1.33. The topological polar surface area (TPSA) is 49.8 Å². The van der Waals surface area contributed by atoms with Crippen LogP contribution < -0.4 is 0 Å². The molecule has 1 saturated heterocycles. The molecule has 1 N–H and O–H groups in total. The minimum Gasteiger partial charge on any atom is -0.394 e. The van der Waals surface area contributed by atoms with Crippen molar-refractivity contribution in [1.29, 1.82) is 0 Å². The maximum atomic E-state index is 10.1. The number of carbonyl (C=O) groups excluding carboxylic acids is 1. The number of aliphatic hydroxyl groups excluding tert-OH is 1. The third kappa shape index (κ3) is 2.89. The van der Waals surface area contributed by atoms with Crippen molar-refractivity contribution in [1.82, 2.24) is 4.90 Å². The molecule has 1 unspecified atom stereocenters. The lowest BCUT2D eigenvalue weighted by Crippen LogP contribution is -2.44. The molecule has 0 aromatic heterocycles. The van der Waals surface area contributed by atoms with Crippen LogP contribution in [0.3, 0.4) is 0 Å². The Morgan fingerprint density at radius 1 is 1.67 bits per heavy atom. The fraction of sp³-hybridized carbons (Fsp3) is 0.875. The summed E-state index contributed by atoms with van der Waals surface area (Å²) < 4.78 is 5.26. The number of hydrogen-bond donors (Lipinski definition) is 1. The van der Waals surface area contributed by atoms with Crippen molar-refractivity contribution in [2.24, 2.45) is 0 Å². The van der Waals surface area contributed by atoms with Crippen LogP contribution in [0.15, 0.2) is 0 Å². The zero-order valence-electron chi connectivity index (χ0n) is 7.11. The Bertz CT molecular complexity index is 140. The third-order valence-corrected chi connectivity index (χ3v) is 1.99. The summed E-state index contributed by atoms with van der Waals surface area (Å²) in [5.41, 5.74) is 0. The highest BCUT2D eigenvalue weighted by Gasteiger charge is 2.18. The predicted octanol–water partition coefficient (Wildman–Crippen LogP) is -0.732. The Labute approximate surface area is 72.1 Å². The molecule has 4 heteroatoms. The van der Waals surface area contributed by atoms with Crippen molar-refractivity contribution >= 4 is 6.29 Å². The normalized spacial score (nSPS) is 25.6. The molecule has 1 fully saturated rings. The lowest BCUT2D eigenvalue weighted by atomic mass is 10.2. The van der Waals surface area contributed by atoms with Crippen molar-refractivity contribution in [3.05, 3.63) is 0 Å². The monoisotopic (exact) mass is 173 g/mol. The highest BCUT2D eigenvalue weighted by atomic mass is 16.5. The summed E-state index contributed by atoms with van der Waals surface area (Å²) in [6.45, 7) is 3.11. The van der Waals surface area contributed by atoms with Crippen LogP contribution in [0.2, 0.25) is 0 Å². The van der Waals surface area contributed by atoms with E-state index in [0.29, 0.717) is 13.0 Å². The van der Waals surface area contributed by atoms with E-state index in [9.17, 15) is 4.79 Å². The lowest BCUT2D eigenvalue weighted by Gasteiger charge is -2.31. The molecule has 0 aromatic carbocycles. The molecule has 1 atom stereocenters. The maximum absolute atomic E-state index is 10.1. The molecule has 1 aliphatic heterocycles. The van der Waals surface area contributed by atoms with Crippen LogP contribution in [-0.4, -0.2) is 55.2 Å². The summed E-state index contributed by atoms with van der Waals surface area (Å²) in [5, 5.41) is 8.81. The van der Waals surface area contributed by atoms with E-state index in [4.69, 9.17) is 9.84 Å². The van der Waals surface area contributed by atoms with E-state index >= 15 is 0 Å². The van der Waals surface area contributed by atoms with Gasteiger partial charge < -0.3 is 14.6 Å². The second-order valence-corrected chi connectivity index (χ2v) is 2.93. The first kappa shape index (κ1) is 9.64. The summed E-state index contributed by atoms with van der Waals surface area (Å²) >= 11 is 0. The minimum atomic E-state index is -0.0644. The van der Waals surface area contributed by atoms with E-state index in [1.54, 1.807) is 0 Å². The number of morpholine rings is 1. The highest BCUT2D eigenvalue weighted by molar-refractivity contribution is 5.49. The van der Waals surface area contributed by atoms with Gasteiger partial charge in [0, 0.05) is 26.1 Å². The molecule has 12 heavy (non-hydrogen) atoms. The Morgan fingerprint density at radius 2 is 2.50 bits per heavy atom. The average Bonchev–Trinajstić information content (AvgIpc) is 2.15. The minimum absolute atomic E-state index is 0.0644. The number of carbonyl (C=O) groups is 1. The first-order chi connectivity index (χ1) is 5.86. The molecular formula is C8H15NO3. The third-order valence-electron chi connectivity index (χ3n) is 1.99. The van der Waals surface area contributed by atoms with Gasteiger partial charge in [-0.25, -0.2) is 0 Å². The predicted molar refractivity (Wildman–Crippen MR) is 43.9 cm³/mol. The van der Waals surface area contributed by atoms with Gasteiger partial charge in [0.05, 0.1) is 19.3 Å². The molecular weight excluding hydrogens is 158 g/mol. The van der Waals surface area contributed by atoms with Gasteiger partial charge in [-0.1, -0.05) is 0 Å². The number of aldehydes is 1. The van der Waals surface area contributed by atoms with Gasteiger partial charge in [0.1, 0.15) is 6.29 Å². The molecule has 0 spiro atoms. The zero-order chi connectivity index (χ0) is 8.81. The molecule has 1 aliphatic rings. The van der Waals surface area contributed by atoms with E-state index in [-0.39, 0.29) is 12.7 Å². The zero-order valence-corrected chi connectivity index (χ0v) is 7.11. The summed E-state index contributed by atoms with van der Waals surface area (Å²) in [7, 11) is 0. The second kappa shape index (κ2) is 5.24. The van der Waals surface area contributed by atoms with Gasteiger partial charge >= 0.3 is 0 Å². The van der Waals surface area contributed by atoms with E-state index < -0.39 is 0 Å². The van der Waals surface area contributed by atoms with E-state index in [1.807, 2.05) is 0 Å². The van der Waals surface area contributed by atoms with Crippen molar-refractivity contribution in [2.75, 3.05) is 32.8 Å². The molecule has 0 amide bonds. The van der Waals surface area contributed by atoms with Crippen LogP contribution in [0.1, 0.15) is 6.42 Å². The number of hydrogen-bond acceptors (Lipinski definition) is 4. The van der Waals surface area contributed by atoms with Gasteiger partial charge in [-0.15, -0.1) is 0 Å². The summed E-state index contributed by atoms with van der Waals surface area (Å²) in [4.78, 5) is 12.2. The van der Waals surface area contributed by atoms with Crippen molar-refractivity contribution in [3.8, 4) is 0 Å². The van der Waals surface area contributed by atoms with E-state index in [2.05, 4.69) is 4.90 Å². The molecule has 4 nitrogen and oxygen atoms in total. The fourth-order valence-corrected chi connectivity index (χ4v) is 1.33. The van der Waals surface area contributed by atoms with Crippen molar-refractivity contribution < 1.29 is 14.6 Å². The largest absolute Gasteiger partial charge is 0.394 e. The lowest BCUT2D eigenvalue weighted by molar-refractivity contribution is -0.108. The molecule has 1 rings (SSSR count). The Kier molecular flexibility index (Phi) is 4.21. The van der Waals surface area contributed by atoms with Gasteiger partial charge in [-0.2, -0.15) is 0 Å². The first-order valence-corrected chi connectivity index (χ1v) is 4.25. The Morgan fingerprint density at radius 3 is 3.17 bits per heavy atom. The molecule has 70 valence electrons. The first-order valence-electron chi connectivity index (χ1n) is 4.25. The average molecular weight is 173 g/mol. The second-order valence-electron chi connectivity index (χ2n) is 2.93. The summed E-state index contributed by atoms with van der Waals surface area (Å²) in [5.74, 6) is 0. The SMILES string of the molecule is O=CCCN1CCOC(CO)C1. The molecule has 0 bridgehead atoms. The highest BCUT2D eigenvalue weighted by Crippen LogP contribution is 2.04. The van der Waals surface area contributed by atoms with Crippen LogP contribution in [-0.2, 0) is 9.53 Å². The molecule has 0 saturated carbocycles. The van der Waals surface area contributed by atoms with Gasteiger partial charge in [0.25, 0.3) is 0 Å². The van der Waals surface area contributed by atoms with Gasteiger partial charge in [-0.05, 0) is 0 Å². The number of rotatable bonds is 4. The van der Waals surface area contributed by atoms with Crippen LogP contribution in [0.4, 0.5) is 0 Å².